The number of benzene rings is 3. The summed E-state index contributed by atoms with van der Waals surface area (Å²) in [6, 6.07) is 19.6. The number of hydrogen-bond donors (Lipinski definition) is 1. The number of rotatable bonds is 5. The van der Waals surface area contributed by atoms with E-state index in [0.717, 1.165) is 12.1 Å². The third-order valence-corrected chi connectivity index (χ3v) is 6.64. The minimum atomic E-state index is -4.47. The molecule has 2 heterocycles. The van der Waals surface area contributed by atoms with Gasteiger partial charge in [-0.1, -0.05) is 42.5 Å². The Morgan fingerprint density at radius 3 is 2.33 bits per heavy atom. The lowest BCUT2D eigenvalue weighted by molar-refractivity contribution is -0.137. The third kappa shape index (κ3) is 5.28. The van der Waals surface area contributed by atoms with Crippen LogP contribution >= 0.6 is 0 Å². The lowest BCUT2D eigenvalue weighted by Crippen LogP contribution is -2.46. The first-order valence-corrected chi connectivity index (χ1v) is 12.3. The van der Waals surface area contributed by atoms with Crippen molar-refractivity contribution in [2.75, 3.05) is 6.54 Å². The van der Waals surface area contributed by atoms with Gasteiger partial charge in [-0.2, -0.15) is 13.2 Å². The highest BCUT2D eigenvalue weighted by Crippen LogP contribution is 2.35. The van der Waals surface area contributed by atoms with Gasteiger partial charge in [0.15, 0.2) is 0 Å². The van der Waals surface area contributed by atoms with Gasteiger partial charge in [-0.3, -0.25) is 14.6 Å². The molecule has 40 heavy (non-hydrogen) atoms. The number of pyridine rings is 1. The Kier molecular flexibility index (Phi) is 7.08. The Labute approximate surface area is 227 Å². The zero-order valence-corrected chi connectivity index (χ0v) is 20.9. The molecule has 7 nitrogen and oxygen atoms in total. The van der Waals surface area contributed by atoms with E-state index in [1.807, 2.05) is 0 Å². The molecular weight excluding hydrogens is 523 g/mol. The molecule has 1 aliphatic rings. The van der Waals surface area contributed by atoms with Gasteiger partial charge in [0, 0.05) is 12.7 Å². The second kappa shape index (κ2) is 10.6. The third-order valence-electron chi connectivity index (χ3n) is 6.64. The smallest absolute Gasteiger partial charge is 0.416 e. The zero-order chi connectivity index (χ0) is 28.4. The van der Waals surface area contributed by atoms with Gasteiger partial charge in [-0.05, 0) is 71.1 Å². The van der Waals surface area contributed by atoms with Crippen molar-refractivity contribution in [3.8, 4) is 16.9 Å². The number of nitrogens with two attached hydrogens (primary N) is 1. The fourth-order valence-electron chi connectivity index (χ4n) is 4.74. The van der Waals surface area contributed by atoms with E-state index in [0.29, 0.717) is 28.7 Å². The number of alkyl halides is 3. The van der Waals surface area contributed by atoms with Crippen LogP contribution in [-0.2, 0) is 17.4 Å². The zero-order valence-electron chi connectivity index (χ0n) is 20.9. The van der Waals surface area contributed by atoms with E-state index >= 15 is 0 Å². The second-order valence-electron chi connectivity index (χ2n) is 9.14. The first-order chi connectivity index (χ1) is 19.1. The van der Waals surface area contributed by atoms with Crippen LogP contribution in [0.1, 0.15) is 43.6 Å². The van der Waals surface area contributed by atoms with Crippen molar-refractivity contribution in [3.05, 3.63) is 119 Å². The molecule has 202 valence electrons. The largest absolute Gasteiger partial charge is 0.423 e. The quantitative estimate of drug-likeness (QED) is 0.274. The maximum absolute atomic E-state index is 13.1. The van der Waals surface area contributed by atoms with Gasteiger partial charge in [-0.15, -0.1) is 0 Å². The van der Waals surface area contributed by atoms with Gasteiger partial charge in [0.05, 0.1) is 11.1 Å². The Morgan fingerprint density at radius 2 is 1.65 bits per heavy atom. The normalized spacial score (nSPS) is 14.8. The van der Waals surface area contributed by atoms with Crippen LogP contribution in [0, 0.1) is 0 Å². The van der Waals surface area contributed by atoms with Crippen LogP contribution in [0.15, 0.2) is 91.1 Å². The van der Waals surface area contributed by atoms with Crippen LogP contribution in [0.3, 0.4) is 0 Å². The summed E-state index contributed by atoms with van der Waals surface area (Å²) in [6.07, 6.45) is -2.61. The predicted octanol–water partition coefficient (Wildman–Crippen LogP) is 5.21. The van der Waals surface area contributed by atoms with E-state index in [9.17, 15) is 27.6 Å². The van der Waals surface area contributed by atoms with Crippen molar-refractivity contribution >= 4 is 17.8 Å². The van der Waals surface area contributed by atoms with E-state index in [4.69, 9.17) is 10.5 Å². The molecule has 2 N–H and O–H groups in total. The van der Waals surface area contributed by atoms with Crippen LogP contribution < -0.4 is 10.5 Å². The molecule has 0 bridgehead atoms. The summed E-state index contributed by atoms with van der Waals surface area (Å²) in [5, 5.41) is 0. The maximum atomic E-state index is 13.1. The highest BCUT2D eigenvalue weighted by atomic mass is 19.4. The number of primary amides is 1. The van der Waals surface area contributed by atoms with Gasteiger partial charge in [0.2, 0.25) is 5.91 Å². The summed E-state index contributed by atoms with van der Waals surface area (Å²) in [5.74, 6) is -1.63. The van der Waals surface area contributed by atoms with Crippen molar-refractivity contribution in [1.29, 1.82) is 0 Å². The van der Waals surface area contributed by atoms with Crippen LogP contribution in [0.2, 0.25) is 0 Å². The maximum Gasteiger partial charge on any atom is 0.416 e. The number of ether oxygens (including phenoxy) is 1. The average molecular weight is 546 g/mol. The van der Waals surface area contributed by atoms with Crippen molar-refractivity contribution in [2.24, 2.45) is 5.73 Å². The first-order valence-electron chi connectivity index (χ1n) is 12.3. The number of fused-ring (bicyclic) bond motifs is 1. The molecule has 0 aliphatic carbocycles. The number of nitrogens with zero attached hydrogens (tertiary/aromatic N) is 2. The lowest BCUT2D eigenvalue weighted by Gasteiger charge is -2.35. The Hall–Kier alpha value is -4.99. The summed E-state index contributed by atoms with van der Waals surface area (Å²) in [6.45, 7) is 0.199. The van der Waals surface area contributed by atoms with Gasteiger partial charge >= 0.3 is 12.1 Å². The van der Waals surface area contributed by atoms with Gasteiger partial charge in [0.1, 0.15) is 17.5 Å². The average Bonchev–Trinajstić information content (AvgIpc) is 2.96. The second-order valence-corrected chi connectivity index (χ2v) is 9.14. The lowest BCUT2D eigenvalue weighted by atomic mass is 9.91. The molecular formula is C30H22F3N3O4. The minimum absolute atomic E-state index is 0.169. The van der Waals surface area contributed by atoms with Crippen molar-refractivity contribution in [1.82, 2.24) is 9.88 Å². The van der Waals surface area contributed by atoms with Crippen molar-refractivity contribution in [2.45, 2.75) is 18.6 Å². The molecule has 2 amide bonds. The molecule has 10 heteroatoms. The van der Waals surface area contributed by atoms with Crippen LogP contribution in [0.4, 0.5) is 13.2 Å². The number of amides is 2. The highest BCUT2D eigenvalue weighted by Gasteiger charge is 2.36. The van der Waals surface area contributed by atoms with Crippen molar-refractivity contribution in [3.63, 3.8) is 0 Å². The molecule has 5 rings (SSSR count). The molecule has 1 aliphatic heterocycles. The number of esters is 1. The van der Waals surface area contributed by atoms with Crippen LogP contribution in [0.5, 0.6) is 5.75 Å². The highest BCUT2D eigenvalue weighted by molar-refractivity contribution is 5.99. The summed E-state index contributed by atoms with van der Waals surface area (Å²) in [5.41, 5.74) is 7.30. The monoisotopic (exact) mass is 545 g/mol. The molecule has 0 radical (unpaired) electrons. The van der Waals surface area contributed by atoms with E-state index < -0.39 is 35.6 Å². The molecule has 1 aromatic heterocycles. The van der Waals surface area contributed by atoms with E-state index in [2.05, 4.69) is 4.98 Å². The summed E-state index contributed by atoms with van der Waals surface area (Å²) >= 11 is 0. The number of carbonyl (C=O) groups is 3. The number of hydrogen-bond acceptors (Lipinski definition) is 5. The van der Waals surface area contributed by atoms with Gasteiger partial charge < -0.3 is 15.4 Å². The summed E-state index contributed by atoms with van der Waals surface area (Å²) in [4.78, 5) is 44.0. The summed E-state index contributed by atoms with van der Waals surface area (Å²) < 4.78 is 44.6. The molecule has 3 aromatic carbocycles. The fraction of sp³-hybridized carbons (Fsp3) is 0.133. The standard InChI is InChI=1S/C30H22F3N3O4/c31-30(32,33)20-10-8-18(9-11-20)22-5-1-2-6-24(22)29(39)40-21-12-13-23-19(17-21)14-16-36(26(23)27(34)37)28(38)25-7-3-4-15-35-25/h1-13,15,17,26H,14,16H2,(H2,34,37). The molecule has 1 unspecified atom stereocenters. The SMILES string of the molecule is NC(=O)C1c2ccc(OC(=O)c3ccccc3-c3ccc(C(F)(F)F)cc3)cc2CCN1C(=O)c1ccccn1. The molecule has 0 spiro atoms. The van der Waals surface area contributed by atoms with Crippen molar-refractivity contribution < 1.29 is 32.3 Å². The number of halogens is 3. The van der Waals surface area contributed by atoms with E-state index in [1.165, 1.54) is 35.4 Å². The van der Waals surface area contributed by atoms with Crippen LogP contribution in [-0.4, -0.2) is 34.2 Å². The fourth-order valence-corrected chi connectivity index (χ4v) is 4.74. The number of aromatic nitrogens is 1. The Bertz CT molecular complexity index is 1590. The van der Waals surface area contributed by atoms with Gasteiger partial charge in [0.25, 0.3) is 5.91 Å². The van der Waals surface area contributed by atoms with E-state index in [-0.39, 0.29) is 23.6 Å². The first kappa shape index (κ1) is 26.6. The van der Waals surface area contributed by atoms with E-state index in [1.54, 1.807) is 48.5 Å². The molecule has 1 atom stereocenters. The Balaban J connectivity index is 1.39. The van der Waals surface area contributed by atoms with Crippen LogP contribution in [0.25, 0.3) is 11.1 Å². The molecule has 0 saturated carbocycles. The number of carbonyl (C=O) groups excluding carboxylic acids is 3. The molecule has 4 aromatic rings. The topological polar surface area (TPSA) is 103 Å². The molecule has 0 saturated heterocycles. The predicted molar refractivity (Wildman–Crippen MR) is 139 cm³/mol. The Morgan fingerprint density at radius 1 is 0.925 bits per heavy atom. The van der Waals surface area contributed by atoms with Gasteiger partial charge in [-0.25, -0.2) is 4.79 Å². The summed E-state index contributed by atoms with van der Waals surface area (Å²) in [7, 11) is 0. The molecule has 0 fully saturated rings. The minimum Gasteiger partial charge on any atom is -0.423 e.